The van der Waals surface area contributed by atoms with E-state index in [0.717, 1.165) is 11.8 Å². The smallest absolute Gasteiger partial charge is 0.435 e. The Kier molecular flexibility index (Phi) is 4.08. The summed E-state index contributed by atoms with van der Waals surface area (Å²) in [6.45, 7) is 0. The van der Waals surface area contributed by atoms with Gasteiger partial charge in [-0.3, -0.25) is 0 Å². The highest BCUT2D eigenvalue weighted by Gasteiger charge is 2.40. The molecule has 0 aliphatic carbocycles. The zero-order valence-electron chi connectivity index (χ0n) is 10.7. The Hall–Kier alpha value is -1.99. The molecule has 1 N–H and O–H groups in total. The van der Waals surface area contributed by atoms with E-state index in [-0.39, 0.29) is 9.50 Å². The number of aromatic nitrogens is 5. The number of halogens is 3. The van der Waals surface area contributed by atoms with Crippen LogP contribution in [0.15, 0.2) is 27.0 Å². The number of thiazole rings is 1. The monoisotopic (exact) mass is 379 g/mol. The molecule has 0 saturated heterocycles. The van der Waals surface area contributed by atoms with E-state index in [1.165, 1.54) is 16.0 Å². The Labute approximate surface area is 137 Å². The van der Waals surface area contributed by atoms with Crippen molar-refractivity contribution in [1.82, 2.24) is 25.2 Å². The highest BCUT2D eigenvalue weighted by Crippen LogP contribution is 2.39. The molecule has 120 valence electrons. The van der Waals surface area contributed by atoms with E-state index in [0.29, 0.717) is 16.3 Å². The number of carbonyl (C=O) groups is 1. The van der Waals surface area contributed by atoms with Crippen LogP contribution in [0.2, 0.25) is 0 Å². The maximum Gasteiger partial charge on any atom is 0.435 e. The fourth-order valence-electron chi connectivity index (χ4n) is 1.53. The minimum absolute atomic E-state index is 0.109. The lowest BCUT2D eigenvalue weighted by molar-refractivity contribution is -0.141. The fraction of sp³-hybridized carbons (Fsp3) is 0.100. The van der Waals surface area contributed by atoms with Gasteiger partial charge in [-0.05, 0) is 39.7 Å². The lowest BCUT2D eigenvalue weighted by Crippen LogP contribution is -2.11. The van der Waals surface area contributed by atoms with Gasteiger partial charge in [-0.15, -0.1) is 16.4 Å². The van der Waals surface area contributed by atoms with Crippen molar-refractivity contribution in [2.75, 3.05) is 0 Å². The van der Waals surface area contributed by atoms with Gasteiger partial charge in [0.05, 0.1) is 0 Å². The molecule has 23 heavy (non-hydrogen) atoms. The van der Waals surface area contributed by atoms with Gasteiger partial charge in [-0.1, -0.05) is 11.3 Å². The number of alkyl halides is 3. The molecule has 13 heteroatoms. The van der Waals surface area contributed by atoms with Crippen LogP contribution in [0.5, 0.6) is 0 Å². The predicted molar refractivity (Wildman–Crippen MR) is 75.2 cm³/mol. The largest absolute Gasteiger partial charge is 0.477 e. The van der Waals surface area contributed by atoms with E-state index < -0.39 is 22.7 Å². The lowest BCUT2D eigenvalue weighted by atomic mass is 10.3. The first-order valence-corrected chi connectivity index (χ1v) is 8.19. The fourth-order valence-corrected chi connectivity index (χ4v) is 4.15. The Morgan fingerprint density at radius 1 is 1.39 bits per heavy atom. The molecule has 3 rings (SSSR count). The molecule has 0 atom stereocenters. The van der Waals surface area contributed by atoms with Gasteiger partial charge >= 0.3 is 12.1 Å². The van der Waals surface area contributed by atoms with Crippen molar-refractivity contribution in [2.45, 2.75) is 15.7 Å². The number of thiophene rings is 1. The van der Waals surface area contributed by atoms with Crippen molar-refractivity contribution in [3.05, 3.63) is 28.1 Å². The summed E-state index contributed by atoms with van der Waals surface area (Å²) in [6.07, 6.45) is -4.84. The number of hydrogen-bond acceptors (Lipinski definition) is 8. The first kappa shape index (κ1) is 15.9. The summed E-state index contributed by atoms with van der Waals surface area (Å²) in [5, 5.41) is 22.5. The first-order valence-electron chi connectivity index (χ1n) is 5.67. The minimum atomic E-state index is -4.84. The number of carboxylic acid groups (broad SMARTS) is 1. The van der Waals surface area contributed by atoms with Crippen LogP contribution in [-0.4, -0.2) is 36.3 Å². The molecule has 0 saturated carbocycles. The van der Waals surface area contributed by atoms with Gasteiger partial charge in [-0.2, -0.15) is 17.9 Å². The standard InChI is InChI=1S/C10H4F3N5O2S3/c11-10(12,13)6-5(7(19)20)22-9(14-6)23-8-15-16-17-18(8)4-2-1-3-21-4/h1-3H,(H,19,20). The SMILES string of the molecule is O=C(O)c1sc(Sc2nnnn2-c2cccs2)nc1C(F)(F)F. The number of nitrogens with zero attached hydrogens (tertiary/aromatic N) is 5. The summed E-state index contributed by atoms with van der Waals surface area (Å²) in [5.41, 5.74) is -1.42. The van der Waals surface area contributed by atoms with E-state index in [4.69, 9.17) is 5.11 Å². The molecule has 0 bridgehead atoms. The second-order valence-corrected chi connectivity index (χ2v) is 7.03. The van der Waals surface area contributed by atoms with E-state index >= 15 is 0 Å². The molecule has 0 unspecified atom stereocenters. The molecular formula is C10H4F3N5O2S3. The second kappa shape index (κ2) is 5.90. The third-order valence-electron chi connectivity index (χ3n) is 2.40. The minimum Gasteiger partial charge on any atom is -0.477 e. The molecule has 3 aromatic rings. The zero-order valence-corrected chi connectivity index (χ0v) is 13.1. The van der Waals surface area contributed by atoms with Gasteiger partial charge in [0.25, 0.3) is 0 Å². The summed E-state index contributed by atoms with van der Waals surface area (Å²) in [7, 11) is 0. The normalized spacial score (nSPS) is 11.8. The van der Waals surface area contributed by atoms with E-state index in [1.54, 1.807) is 17.5 Å². The number of aromatic carboxylic acids is 1. The van der Waals surface area contributed by atoms with Crippen LogP contribution in [0, 0.1) is 0 Å². The molecular weight excluding hydrogens is 375 g/mol. The summed E-state index contributed by atoms with van der Waals surface area (Å²) >= 11 is 2.53. The highest BCUT2D eigenvalue weighted by molar-refractivity contribution is 8.00. The molecule has 0 aliphatic rings. The van der Waals surface area contributed by atoms with Gasteiger partial charge < -0.3 is 5.11 Å². The van der Waals surface area contributed by atoms with Gasteiger partial charge in [-0.25, -0.2) is 9.78 Å². The van der Waals surface area contributed by atoms with Gasteiger partial charge in [0, 0.05) is 0 Å². The maximum absolute atomic E-state index is 12.8. The lowest BCUT2D eigenvalue weighted by Gasteiger charge is -2.02. The number of hydrogen-bond donors (Lipinski definition) is 1. The Bertz CT molecular complexity index is 842. The first-order chi connectivity index (χ1) is 10.9. The predicted octanol–water partition coefficient (Wildman–Crippen LogP) is 3.05. The Balaban J connectivity index is 1.96. The third kappa shape index (κ3) is 3.20. The number of tetrazole rings is 1. The molecule has 0 aromatic carbocycles. The van der Waals surface area contributed by atoms with Crippen LogP contribution in [0.4, 0.5) is 13.2 Å². The van der Waals surface area contributed by atoms with Crippen molar-refractivity contribution in [1.29, 1.82) is 0 Å². The average Bonchev–Trinajstić information content (AvgIpc) is 3.17. The molecule has 3 aromatic heterocycles. The van der Waals surface area contributed by atoms with Crippen LogP contribution in [0.25, 0.3) is 5.00 Å². The molecule has 0 fully saturated rings. The van der Waals surface area contributed by atoms with Gasteiger partial charge in [0.1, 0.15) is 9.88 Å². The number of rotatable bonds is 4. The average molecular weight is 379 g/mol. The van der Waals surface area contributed by atoms with Crippen molar-refractivity contribution >= 4 is 40.4 Å². The third-order valence-corrected chi connectivity index (χ3v) is 5.29. The second-order valence-electron chi connectivity index (χ2n) is 3.89. The topological polar surface area (TPSA) is 93.8 Å². The summed E-state index contributed by atoms with van der Waals surface area (Å²) in [5.74, 6) is -1.68. The number of carboxylic acids is 1. The molecule has 3 heterocycles. The van der Waals surface area contributed by atoms with Crippen molar-refractivity contribution in [2.24, 2.45) is 0 Å². The Morgan fingerprint density at radius 2 is 2.17 bits per heavy atom. The highest BCUT2D eigenvalue weighted by atomic mass is 32.2. The van der Waals surface area contributed by atoms with Crippen LogP contribution >= 0.6 is 34.4 Å². The van der Waals surface area contributed by atoms with Gasteiger partial charge in [0.15, 0.2) is 10.0 Å². The quantitative estimate of drug-likeness (QED) is 0.744. The summed E-state index contributed by atoms with van der Waals surface area (Å²) in [4.78, 5) is 13.5. The molecule has 0 spiro atoms. The van der Waals surface area contributed by atoms with E-state index in [9.17, 15) is 18.0 Å². The van der Waals surface area contributed by atoms with Crippen LogP contribution in [0.3, 0.4) is 0 Å². The van der Waals surface area contributed by atoms with Crippen LogP contribution in [0.1, 0.15) is 15.4 Å². The van der Waals surface area contributed by atoms with Crippen molar-refractivity contribution < 1.29 is 23.1 Å². The maximum atomic E-state index is 12.8. The Morgan fingerprint density at radius 3 is 2.74 bits per heavy atom. The van der Waals surface area contributed by atoms with Crippen LogP contribution < -0.4 is 0 Å². The molecule has 0 aliphatic heterocycles. The van der Waals surface area contributed by atoms with Crippen molar-refractivity contribution in [3.63, 3.8) is 0 Å². The molecule has 0 amide bonds. The summed E-state index contributed by atoms with van der Waals surface area (Å²) < 4.78 is 39.7. The van der Waals surface area contributed by atoms with E-state index in [2.05, 4.69) is 20.5 Å². The molecule has 7 nitrogen and oxygen atoms in total. The van der Waals surface area contributed by atoms with Gasteiger partial charge in [0.2, 0.25) is 5.16 Å². The van der Waals surface area contributed by atoms with Crippen LogP contribution in [-0.2, 0) is 6.18 Å². The van der Waals surface area contributed by atoms with Crippen molar-refractivity contribution in [3.8, 4) is 5.00 Å². The zero-order chi connectivity index (χ0) is 16.6. The van der Waals surface area contributed by atoms with E-state index in [1.807, 2.05) is 0 Å². The summed E-state index contributed by atoms with van der Waals surface area (Å²) in [6, 6.07) is 3.50. The molecule has 0 radical (unpaired) electrons.